The van der Waals surface area contributed by atoms with Crippen LogP contribution in [-0.4, -0.2) is 13.2 Å². The highest BCUT2D eigenvalue weighted by Gasteiger charge is 2.11. The van der Waals surface area contributed by atoms with E-state index in [1.54, 1.807) is 12.1 Å². The van der Waals surface area contributed by atoms with Crippen LogP contribution in [0.1, 0.15) is 31.4 Å². The number of ether oxygens (including phenoxy) is 1. The molecule has 1 aromatic carbocycles. The molecule has 0 saturated carbocycles. The summed E-state index contributed by atoms with van der Waals surface area (Å²) in [4.78, 5) is 0. The molecule has 0 bridgehead atoms. The zero-order chi connectivity index (χ0) is 13.4. The third kappa shape index (κ3) is 4.72. The highest BCUT2D eigenvalue weighted by Crippen LogP contribution is 2.22. The summed E-state index contributed by atoms with van der Waals surface area (Å²) in [5, 5.41) is 3.28. The normalized spacial score (nSPS) is 12.2. The van der Waals surface area contributed by atoms with Crippen molar-refractivity contribution in [2.75, 3.05) is 6.54 Å². The molecule has 0 saturated heterocycles. The minimum absolute atomic E-state index is 0.0313. The van der Waals surface area contributed by atoms with Gasteiger partial charge in [-0.15, -0.1) is 12.3 Å². The highest BCUT2D eigenvalue weighted by atomic mass is 19.3. The molecule has 0 radical (unpaired) electrons. The standard InChI is InChI=1S/C14H17F2NO/c1-3-6-13(17-9-4-2)11-7-5-8-12(10-11)18-14(15)16/h1,5,7-8,10,13-14,17H,4,6,9H2,2H3. The van der Waals surface area contributed by atoms with E-state index in [9.17, 15) is 8.78 Å². The Morgan fingerprint density at radius 1 is 1.44 bits per heavy atom. The molecule has 0 aromatic heterocycles. The molecule has 1 atom stereocenters. The van der Waals surface area contributed by atoms with Gasteiger partial charge in [-0.2, -0.15) is 8.78 Å². The van der Waals surface area contributed by atoms with Crippen LogP contribution < -0.4 is 10.1 Å². The molecule has 1 aromatic rings. The van der Waals surface area contributed by atoms with Gasteiger partial charge in [0.05, 0.1) is 0 Å². The predicted octanol–water partition coefficient (Wildman–Crippen LogP) is 3.35. The highest BCUT2D eigenvalue weighted by molar-refractivity contribution is 5.31. The third-order valence-corrected chi connectivity index (χ3v) is 2.45. The molecule has 18 heavy (non-hydrogen) atoms. The Labute approximate surface area is 106 Å². The number of rotatable bonds is 7. The molecular formula is C14H17F2NO. The van der Waals surface area contributed by atoms with Crippen LogP contribution in [-0.2, 0) is 0 Å². The van der Waals surface area contributed by atoms with E-state index >= 15 is 0 Å². The number of terminal acetylenes is 1. The third-order valence-electron chi connectivity index (χ3n) is 2.45. The maximum Gasteiger partial charge on any atom is 0.387 e. The van der Waals surface area contributed by atoms with Gasteiger partial charge in [0.2, 0.25) is 0 Å². The monoisotopic (exact) mass is 253 g/mol. The van der Waals surface area contributed by atoms with E-state index in [1.165, 1.54) is 6.07 Å². The second-order valence-electron chi connectivity index (χ2n) is 3.87. The Morgan fingerprint density at radius 2 is 2.22 bits per heavy atom. The van der Waals surface area contributed by atoms with Crippen molar-refractivity contribution in [2.45, 2.75) is 32.4 Å². The van der Waals surface area contributed by atoms with Crippen LogP contribution in [0.4, 0.5) is 8.78 Å². The Hall–Kier alpha value is -1.60. The van der Waals surface area contributed by atoms with Gasteiger partial charge in [0.1, 0.15) is 5.75 Å². The van der Waals surface area contributed by atoms with Crippen molar-refractivity contribution in [3.63, 3.8) is 0 Å². The predicted molar refractivity (Wildman–Crippen MR) is 67.6 cm³/mol. The van der Waals surface area contributed by atoms with E-state index in [1.807, 2.05) is 6.07 Å². The Kier molecular flexibility index (Phi) is 6.16. The van der Waals surface area contributed by atoms with Crippen molar-refractivity contribution in [3.8, 4) is 18.1 Å². The fourth-order valence-corrected chi connectivity index (χ4v) is 1.65. The van der Waals surface area contributed by atoms with E-state index < -0.39 is 6.61 Å². The number of hydrogen-bond donors (Lipinski definition) is 1. The number of halogens is 2. The minimum atomic E-state index is -2.81. The Bertz CT molecular complexity index is 401. The molecule has 98 valence electrons. The van der Waals surface area contributed by atoms with Gasteiger partial charge in [-0.25, -0.2) is 0 Å². The summed E-state index contributed by atoms with van der Waals surface area (Å²) in [6, 6.07) is 6.60. The van der Waals surface area contributed by atoms with Gasteiger partial charge in [-0.3, -0.25) is 0 Å². The molecule has 1 rings (SSSR count). The molecule has 0 amide bonds. The quantitative estimate of drug-likeness (QED) is 0.752. The summed E-state index contributed by atoms with van der Waals surface area (Å²) in [5.41, 5.74) is 0.861. The second kappa shape index (κ2) is 7.67. The lowest BCUT2D eigenvalue weighted by atomic mass is 10.0. The van der Waals surface area contributed by atoms with Crippen molar-refractivity contribution in [1.82, 2.24) is 5.32 Å². The summed E-state index contributed by atoms with van der Waals surface area (Å²) in [6.45, 7) is 0.0673. The van der Waals surface area contributed by atoms with Crippen molar-refractivity contribution in [2.24, 2.45) is 0 Å². The largest absolute Gasteiger partial charge is 0.435 e. The topological polar surface area (TPSA) is 21.3 Å². The lowest BCUT2D eigenvalue weighted by Crippen LogP contribution is -2.21. The average Bonchev–Trinajstić information content (AvgIpc) is 2.34. The molecule has 0 aliphatic rings. The van der Waals surface area contributed by atoms with Gasteiger partial charge in [-0.1, -0.05) is 19.1 Å². The first-order valence-corrected chi connectivity index (χ1v) is 5.89. The van der Waals surface area contributed by atoms with Crippen LogP contribution >= 0.6 is 0 Å². The number of hydrogen-bond acceptors (Lipinski definition) is 2. The molecule has 4 heteroatoms. The van der Waals surface area contributed by atoms with Crippen LogP contribution in [0.15, 0.2) is 24.3 Å². The molecule has 0 heterocycles. The molecule has 1 unspecified atom stereocenters. The SMILES string of the molecule is C#CCC(NCCC)c1cccc(OC(F)F)c1. The summed E-state index contributed by atoms with van der Waals surface area (Å²) in [7, 11) is 0. The number of benzene rings is 1. The van der Waals surface area contributed by atoms with Gasteiger partial charge in [-0.05, 0) is 30.7 Å². The summed E-state index contributed by atoms with van der Waals surface area (Å²) in [6.07, 6.45) is 6.81. The van der Waals surface area contributed by atoms with E-state index in [2.05, 4.69) is 22.9 Å². The number of alkyl halides is 2. The van der Waals surface area contributed by atoms with Crippen LogP contribution in [0.5, 0.6) is 5.75 Å². The fourth-order valence-electron chi connectivity index (χ4n) is 1.65. The maximum absolute atomic E-state index is 12.1. The average molecular weight is 253 g/mol. The van der Waals surface area contributed by atoms with Crippen LogP contribution in [0.2, 0.25) is 0 Å². The lowest BCUT2D eigenvalue weighted by molar-refractivity contribution is -0.0499. The van der Waals surface area contributed by atoms with Crippen molar-refractivity contribution < 1.29 is 13.5 Å². The van der Waals surface area contributed by atoms with E-state index in [0.29, 0.717) is 6.42 Å². The zero-order valence-electron chi connectivity index (χ0n) is 10.3. The Balaban J connectivity index is 2.80. The lowest BCUT2D eigenvalue weighted by Gasteiger charge is -2.17. The van der Waals surface area contributed by atoms with E-state index in [0.717, 1.165) is 18.5 Å². The van der Waals surface area contributed by atoms with Crippen LogP contribution in [0.25, 0.3) is 0 Å². The molecular weight excluding hydrogens is 236 g/mol. The first-order chi connectivity index (χ1) is 8.67. The van der Waals surface area contributed by atoms with Gasteiger partial charge in [0.25, 0.3) is 0 Å². The summed E-state index contributed by atoms with van der Waals surface area (Å²) < 4.78 is 28.6. The number of nitrogens with one attached hydrogen (secondary N) is 1. The molecule has 0 aliphatic heterocycles. The molecule has 0 aliphatic carbocycles. The van der Waals surface area contributed by atoms with Gasteiger partial charge in [0, 0.05) is 12.5 Å². The van der Waals surface area contributed by atoms with Gasteiger partial charge in [0.15, 0.2) is 0 Å². The maximum atomic E-state index is 12.1. The molecule has 0 spiro atoms. The first-order valence-electron chi connectivity index (χ1n) is 5.89. The van der Waals surface area contributed by atoms with E-state index in [-0.39, 0.29) is 11.8 Å². The molecule has 0 fully saturated rings. The fraction of sp³-hybridized carbons (Fsp3) is 0.429. The second-order valence-corrected chi connectivity index (χ2v) is 3.87. The summed E-state index contributed by atoms with van der Waals surface area (Å²) in [5.74, 6) is 2.74. The van der Waals surface area contributed by atoms with Gasteiger partial charge < -0.3 is 10.1 Å². The smallest absolute Gasteiger partial charge is 0.387 e. The van der Waals surface area contributed by atoms with E-state index in [4.69, 9.17) is 6.42 Å². The van der Waals surface area contributed by atoms with Crippen LogP contribution in [0, 0.1) is 12.3 Å². The Morgan fingerprint density at radius 3 is 2.83 bits per heavy atom. The molecule has 2 nitrogen and oxygen atoms in total. The van der Waals surface area contributed by atoms with Gasteiger partial charge >= 0.3 is 6.61 Å². The summed E-state index contributed by atoms with van der Waals surface area (Å²) >= 11 is 0. The van der Waals surface area contributed by atoms with Crippen molar-refractivity contribution in [1.29, 1.82) is 0 Å². The van der Waals surface area contributed by atoms with Crippen molar-refractivity contribution >= 4 is 0 Å². The van der Waals surface area contributed by atoms with Crippen LogP contribution in [0.3, 0.4) is 0 Å². The zero-order valence-corrected chi connectivity index (χ0v) is 10.3. The first kappa shape index (κ1) is 14.5. The van der Waals surface area contributed by atoms with Crippen molar-refractivity contribution in [3.05, 3.63) is 29.8 Å². The molecule has 1 N–H and O–H groups in total. The minimum Gasteiger partial charge on any atom is -0.435 e.